The molecule has 0 aromatic carbocycles. The van der Waals surface area contributed by atoms with E-state index in [1.54, 1.807) is 0 Å². The second-order valence-corrected chi connectivity index (χ2v) is 5.61. The number of hydrogen-bond acceptors (Lipinski definition) is 3. The van der Waals surface area contributed by atoms with Crippen LogP contribution in [0.15, 0.2) is 0 Å². The van der Waals surface area contributed by atoms with Crippen LogP contribution in [0.2, 0.25) is 0 Å². The van der Waals surface area contributed by atoms with Gasteiger partial charge in [-0.15, -0.1) is 0 Å². The van der Waals surface area contributed by atoms with Gasteiger partial charge in [-0.1, -0.05) is 0 Å². The molecule has 0 saturated heterocycles. The lowest BCUT2D eigenvalue weighted by atomic mass is 9.93. The molecule has 1 rings (SSSR count). The van der Waals surface area contributed by atoms with Crippen molar-refractivity contribution in [1.29, 1.82) is 0 Å². The molecular formula is C13H27NO2. The van der Waals surface area contributed by atoms with Crippen LogP contribution in [0.4, 0.5) is 0 Å². The van der Waals surface area contributed by atoms with Gasteiger partial charge in [-0.25, -0.2) is 0 Å². The second kappa shape index (κ2) is 6.58. The van der Waals surface area contributed by atoms with E-state index < -0.39 is 0 Å². The Balaban J connectivity index is 2.08. The van der Waals surface area contributed by atoms with Gasteiger partial charge in [0.2, 0.25) is 0 Å². The maximum Gasteiger partial charge on any atom is 0.0707 e. The van der Waals surface area contributed by atoms with Crippen LogP contribution in [-0.2, 0) is 9.47 Å². The van der Waals surface area contributed by atoms with Crippen molar-refractivity contribution in [3.63, 3.8) is 0 Å². The van der Waals surface area contributed by atoms with Crippen molar-refractivity contribution in [2.45, 2.75) is 64.2 Å². The van der Waals surface area contributed by atoms with E-state index in [2.05, 4.69) is 26.1 Å². The van der Waals surface area contributed by atoms with Crippen molar-refractivity contribution in [3.05, 3.63) is 0 Å². The van der Waals surface area contributed by atoms with Crippen molar-refractivity contribution in [2.24, 2.45) is 0 Å². The number of nitrogens with one attached hydrogen (secondary N) is 1. The fourth-order valence-corrected chi connectivity index (χ4v) is 2.12. The minimum Gasteiger partial charge on any atom is -0.376 e. The lowest BCUT2D eigenvalue weighted by Crippen LogP contribution is -2.35. The van der Waals surface area contributed by atoms with Gasteiger partial charge in [0.1, 0.15) is 0 Å². The first-order valence-corrected chi connectivity index (χ1v) is 6.44. The summed E-state index contributed by atoms with van der Waals surface area (Å²) >= 11 is 0. The monoisotopic (exact) mass is 229 g/mol. The lowest BCUT2D eigenvalue weighted by molar-refractivity contribution is -0.0595. The van der Waals surface area contributed by atoms with E-state index in [9.17, 15) is 0 Å². The first kappa shape index (κ1) is 13.9. The van der Waals surface area contributed by atoms with Gasteiger partial charge in [0.05, 0.1) is 24.9 Å². The van der Waals surface area contributed by atoms with Crippen LogP contribution in [-0.4, -0.2) is 38.0 Å². The molecule has 0 aliphatic heterocycles. The summed E-state index contributed by atoms with van der Waals surface area (Å²) in [4.78, 5) is 0. The van der Waals surface area contributed by atoms with Crippen LogP contribution in [0.25, 0.3) is 0 Å². The fraction of sp³-hybridized carbons (Fsp3) is 1.00. The zero-order valence-electron chi connectivity index (χ0n) is 11.2. The highest BCUT2D eigenvalue weighted by Gasteiger charge is 2.21. The van der Waals surface area contributed by atoms with Crippen molar-refractivity contribution in [2.75, 3.05) is 20.3 Å². The fourth-order valence-electron chi connectivity index (χ4n) is 2.12. The Hall–Kier alpha value is -0.120. The summed E-state index contributed by atoms with van der Waals surface area (Å²) in [5.41, 5.74) is -0.0521. The Bertz CT molecular complexity index is 189. The second-order valence-electron chi connectivity index (χ2n) is 5.61. The predicted octanol–water partition coefficient (Wildman–Crippen LogP) is 2.35. The summed E-state index contributed by atoms with van der Waals surface area (Å²) in [5.74, 6) is 0. The van der Waals surface area contributed by atoms with Crippen LogP contribution in [0.5, 0.6) is 0 Å². The SMILES string of the molecule is CNC1CCCC(OCCOC(C)(C)C)C1. The quantitative estimate of drug-likeness (QED) is 0.734. The van der Waals surface area contributed by atoms with Gasteiger partial charge in [-0.05, 0) is 53.5 Å². The molecule has 1 fully saturated rings. The number of hydrogen-bond donors (Lipinski definition) is 1. The lowest BCUT2D eigenvalue weighted by Gasteiger charge is -2.29. The first-order valence-electron chi connectivity index (χ1n) is 6.44. The summed E-state index contributed by atoms with van der Waals surface area (Å²) in [6, 6.07) is 0.641. The van der Waals surface area contributed by atoms with Gasteiger partial charge >= 0.3 is 0 Å². The molecule has 3 nitrogen and oxygen atoms in total. The molecule has 0 spiro atoms. The third kappa shape index (κ3) is 5.83. The normalized spacial score (nSPS) is 27.0. The molecule has 1 aliphatic rings. The Morgan fingerprint density at radius 3 is 2.56 bits per heavy atom. The Morgan fingerprint density at radius 2 is 1.94 bits per heavy atom. The maximum absolute atomic E-state index is 5.85. The molecule has 0 radical (unpaired) electrons. The minimum absolute atomic E-state index is 0.0521. The van der Waals surface area contributed by atoms with Crippen molar-refractivity contribution < 1.29 is 9.47 Å². The van der Waals surface area contributed by atoms with Gasteiger partial charge in [-0.2, -0.15) is 0 Å². The van der Waals surface area contributed by atoms with E-state index in [1.165, 1.54) is 19.3 Å². The van der Waals surface area contributed by atoms with Gasteiger partial charge in [0.25, 0.3) is 0 Å². The van der Waals surface area contributed by atoms with E-state index in [1.807, 2.05) is 7.05 Å². The van der Waals surface area contributed by atoms with Crippen molar-refractivity contribution in [3.8, 4) is 0 Å². The van der Waals surface area contributed by atoms with E-state index >= 15 is 0 Å². The standard InChI is InChI=1S/C13H27NO2/c1-13(2,3)16-9-8-15-12-7-5-6-11(10-12)14-4/h11-12,14H,5-10H2,1-4H3. The predicted molar refractivity (Wildman–Crippen MR) is 66.8 cm³/mol. The number of ether oxygens (including phenoxy) is 2. The highest BCUT2D eigenvalue weighted by Crippen LogP contribution is 2.20. The molecule has 0 amide bonds. The average Bonchev–Trinajstić information content (AvgIpc) is 2.23. The molecule has 1 saturated carbocycles. The molecule has 16 heavy (non-hydrogen) atoms. The third-order valence-corrected chi connectivity index (χ3v) is 3.01. The molecule has 96 valence electrons. The Morgan fingerprint density at radius 1 is 1.19 bits per heavy atom. The number of rotatable bonds is 5. The van der Waals surface area contributed by atoms with E-state index in [0.29, 0.717) is 18.8 Å². The molecule has 0 aromatic heterocycles. The highest BCUT2D eigenvalue weighted by atomic mass is 16.5. The van der Waals surface area contributed by atoms with E-state index in [4.69, 9.17) is 9.47 Å². The largest absolute Gasteiger partial charge is 0.376 e. The molecular weight excluding hydrogens is 202 g/mol. The molecule has 0 bridgehead atoms. The molecule has 1 aliphatic carbocycles. The maximum atomic E-state index is 5.85. The van der Waals surface area contributed by atoms with E-state index in [0.717, 1.165) is 13.0 Å². The summed E-state index contributed by atoms with van der Waals surface area (Å²) in [5, 5.41) is 3.34. The topological polar surface area (TPSA) is 30.5 Å². The van der Waals surface area contributed by atoms with Gasteiger partial charge in [-0.3, -0.25) is 0 Å². The summed E-state index contributed by atoms with van der Waals surface area (Å²) in [6.45, 7) is 7.64. The van der Waals surface area contributed by atoms with E-state index in [-0.39, 0.29) is 5.60 Å². The van der Waals surface area contributed by atoms with Crippen LogP contribution in [0, 0.1) is 0 Å². The van der Waals surface area contributed by atoms with Gasteiger partial charge in [0.15, 0.2) is 0 Å². The molecule has 0 heterocycles. The van der Waals surface area contributed by atoms with Crippen LogP contribution >= 0.6 is 0 Å². The van der Waals surface area contributed by atoms with Gasteiger partial charge < -0.3 is 14.8 Å². The summed E-state index contributed by atoms with van der Waals surface area (Å²) in [6.07, 6.45) is 5.33. The van der Waals surface area contributed by atoms with Crippen molar-refractivity contribution >= 4 is 0 Å². The summed E-state index contributed by atoms with van der Waals surface area (Å²) in [7, 11) is 2.04. The van der Waals surface area contributed by atoms with Crippen LogP contribution in [0.3, 0.4) is 0 Å². The highest BCUT2D eigenvalue weighted by molar-refractivity contribution is 4.77. The third-order valence-electron chi connectivity index (χ3n) is 3.01. The molecule has 1 N–H and O–H groups in total. The molecule has 0 aromatic rings. The van der Waals surface area contributed by atoms with Crippen LogP contribution < -0.4 is 5.32 Å². The smallest absolute Gasteiger partial charge is 0.0707 e. The summed E-state index contributed by atoms with van der Waals surface area (Å²) < 4.78 is 11.5. The van der Waals surface area contributed by atoms with Crippen molar-refractivity contribution in [1.82, 2.24) is 5.32 Å². The Kier molecular flexibility index (Phi) is 5.73. The Labute approximate surface area is 99.9 Å². The molecule has 3 heteroatoms. The van der Waals surface area contributed by atoms with Gasteiger partial charge in [0, 0.05) is 6.04 Å². The minimum atomic E-state index is -0.0521. The zero-order valence-corrected chi connectivity index (χ0v) is 11.2. The van der Waals surface area contributed by atoms with Crippen LogP contribution in [0.1, 0.15) is 46.5 Å². The average molecular weight is 229 g/mol. The molecule has 2 atom stereocenters. The molecule has 2 unspecified atom stereocenters. The zero-order chi connectivity index (χ0) is 12.0. The first-order chi connectivity index (χ1) is 7.51.